The molecule has 0 bridgehead atoms. The Bertz CT molecular complexity index is 505. The van der Waals surface area contributed by atoms with E-state index in [0.717, 1.165) is 25.3 Å². The van der Waals surface area contributed by atoms with Crippen molar-refractivity contribution in [3.05, 3.63) is 35.4 Å². The topological polar surface area (TPSA) is 32.3 Å². The number of thioether (sulfide) groups is 1. The first-order chi connectivity index (χ1) is 9.68. The highest BCUT2D eigenvalue weighted by atomic mass is 32.2. The maximum Gasteiger partial charge on any atom is 0.240 e. The Hall–Kier alpha value is -1.00. The molecule has 20 heavy (non-hydrogen) atoms. The maximum atomic E-state index is 12.9. The van der Waals surface area contributed by atoms with E-state index in [-0.39, 0.29) is 11.3 Å². The van der Waals surface area contributed by atoms with Crippen LogP contribution in [-0.2, 0) is 11.2 Å². The number of benzene rings is 1. The van der Waals surface area contributed by atoms with E-state index in [1.807, 2.05) is 0 Å². The van der Waals surface area contributed by atoms with E-state index in [9.17, 15) is 4.79 Å². The lowest BCUT2D eigenvalue weighted by Crippen LogP contribution is -2.58. The Kier molecular flexibility index (Phi) is 4.03. The largest absolute Gasteiger partial charge is 0.336 e. The van der Waals surface area contributed by atoms with Gasteiger partial charge in [-0.1, -0.05) is 24.3 Å². The van der Waals surface area contributed by atoms with Crippen molar-refractivity contribution in [3.8, 4) is 0 Å². The van der Waals surface area contributed by atoms with Gasteiger partial charge in [-0.25, -0.2) is 0 Å². The molecule has 3 unspecified atom stereocenters. The molecule has 3 rings (SSSR count). The summed E-state index contributed by atoms with van der Waals surface area (Å²) < 4.78 is 0. The molecule has 0 spiro atoms. The Morgan fingerprint density at radius 2 is 2.15 bits per heavy atom. The quantitative estimate of drug-likeness (QED) is 0.861. The number of hydrogen-bond donors (Lipinski definition) is 1. The van der Waals surface area contributed by atoms with Crippen LogP contribution < -0.4 is 5.32 Å². The van der Waals surface area contributed by atoms with Crippen LogP contribution in [0.3, 0.4) is 0 Å². The number of fused-ring (bicyclic) bond motifs is 1. The average Bonchev–Trinajstić information content (AvgIpc) is 2.49. The van der Waals surface area contributed by atoms with Gasteiger partial charge in [-0.05, 0) is 37.1 Å². The predicted molar refractivity (Wildman–Crippen MR) is 84.0 cm³/mol. The fourth-order valence-electron chi connectivity index (χ4n) is 3.12. The summed E-state index contributed by atoms with van der Waals surface area (Å²) in [6.45, 7) is 6.03. The van der Waals surface area contributed by atoms with Gasteiger partial charge in [0, 0.05) is 25.2 Å². The van der Waals surface area contributed by atoms with Crippen LogP contribution in [0.5, 0.6) is 0 Å². The minimum Gasteiger partial charge on any atom is -0.336 e. The van der Waals surface area contributed by atoms with Crippen molar-refractivity contribution >= 4 is 17.7 Å². The van der Waals surface area contributed by atoms with Crippen LogP contribution in [0.25, 0.3) is 0 Å². The van der Waals surface area contributed by atoms with Gasteiger partial charge in [0.25, 0.3) is 0 Å². The van der Waals surface area contributed by atoms with Crippen LogP contribution in [0.1, 0.15) is 30.2 Å². The second-order valence-corrected chi connectivity index (χ2v) is 6.93. The van der Waals surface area contributed by atoms with Gasteiger partial charge in [0.2, 0.25) is 5.91 Å². The first-order valence-corrected chi connectivity index (χ1v) is 8.46. The third-order valence-electron chi connectivity index (χ3n) is 4.54. The molecule has 4 heteroatoms. The number of amides is 1. The lowest BCUT2D eigenvalue weighted by atomic mass is 9.99. The molecular formula is C16H22N2OS. The number of carbonyl (C=O) groups excluding carboxylic acids is 1. The molecule has 2 aliphatic rings. The lowest BCUT2D eigenvalue weighted by molar-refractivity contribution is -0.134. The summed E-state index contributed by atoms with van der Waals surface area (Å²) in [7, 11) is 0. The molecule has 1 fully saturated rings. The van der Waals surface area contributed by atoms with E-state index >= 15 is 0 Å². The number of piperazine rings is 1. The van der Waals surface area contributed by atoms with Crippen molar-refractivity contribution in [1.29, 1.82) is 0 Å². The summed E-state index contributed by atoms with van der Waals surface area (Å²) in [6, 6.07) is 9.06. The fourth-order valence-corrected chi connectivity index (χ4v) is 4.38. The zero-order valence-corrected chi connectivity index (χ0v) is 13.0. The van der Waals surface area contributed by atoms with Crippen LogP contribution >= 0.6 is 11.8 Å². The molecule has 1 saturated heterocycles. The van der Waals surface area contributed by atoms with Crippen molar-refractivity contribution in [1.82, 2.24) is 10.2 Å². The Balaban J connectivity index is 1.84. The van der Waals surface area contributed by atoms with E-state index < -0.39 is 0 Å². The van der Waals surface area contributed by atoms with Crippen molar-refractivity contribution < 1.29 is 4.79 Å². The third kappa shape index (κ3) is 2.47. The summed E-state index contributed by atoms with van der Waals surface area (Å²) in [6.07, 6.45) is 1.08. The minimum atomic E-state index is -0.00676. The molecule has 0 aliphatic carbocycles. The molecule has 2 aliphatic heterocycles. The molecule has 3 nitrogen and oxygen atoms in total. The molecule has 1 aromatic rings. The molecule has 0 saturated carbocycles. The van der Waals surface area contributed by atoms with Crippen LogP contribution in [-0.4, -0.2) is 41.7 Å². The molecule has 1 aromatic carbocycles. The zero-order chi connectivity index (χ0) is 14.1. The lowest BCUT2D eigenvalue weighted by Gasteiger charge is -2.41. The first kappa shape index (κ1) is 14.0. The van der Waals surface area contributed by atoms with E-state index in [0.29, 0.717) is 11.9 Å². The Morgan fingerprint density at radius 1 is 1.35 bits per heavy atom. The van der Waals surface area contributed by atoms with E-state index in [1.54, 1.807) is 11.8 Å². The van der Waals surface area contributed by atoms with Gasteiger partial charge in [-0.2, -0.15) is 0 Å². The number of aryl methyl sites for hydroxylation is 1. The average molecular weight is 290 g/mol. The second-order valence-electron chi connectivity index (χ2n) is 5.71. The number of nitrogens with one attached hydrogen (secondary N) is 1. The highest BCUT2D eigenvalue weighted by molar-refractivity contribution is 8.00. The van der Waals surface area contributed by atoms with Crippen LogP contribution in [0, 0.1) is 0 Å². The monoisotopic (exact) mass is 290 g/mol. The van der Waals surface area contributed by atoms with Gasteiger partial charge >= 0.3 is 0 Å². The summed E-state index contributed by atoms with van der Waals surface area (Å²) >= 11 is 1.80. The Morgan fingerprint density at radius 3 is 3.00 bits per heavy atom. The standard InChI is InChI=1S/C16H22N2OS/c1-11-12(2)18(9-8-17-11)16(19)15-14-6-4-3-5-13(14)7-10-20-15/h3-6,11-12,15,17H,7-10H2,1-2H3. The molecule has 0 aromatic heterocycles. The molecular weight excluding hydrogens is 268 g/mol. The van der Waals surface area contributed by atoms with Gasteiger partial charge in [0.15, 0.2) is 0 Å². The second kappa shape index (κ2) is 5.78. The summed E-state index contributed by atoms with van der Waals surface area (Å²) in [5.41, 5.74) is 2.58. The third-order valence-corrected chi connectivity index (χ3v) is 5.76. The van der Waals surface area contributed by atoms with E-state index in [2.05, 4.69) is 48.3 Å². The van der Waals surface area contributed by atoms with Crippen molar-refractivity contribution in [2.75, 3.05) is 18.8 Å². The minimum absolute atomic E-state index is 0.00676. The first-order valence-electron chi connectivity index (χ1n) is 7.42. The predicted octanol–water partition coefficient (Wildman–Crippen LogP) is 2.23. The zero-order valence-electron chi connectivity index (χ0n) is 12.1. The van der Waals surface area contributed by atoms with Crippen LogP contribution in [0.2, 0.25) is 0 Å². The fraction of sp³-hybridized carbons (Fsp3) is 0.562. The molecule has 1 amide bonds. The molecule has 2 heterocycles. The van der Waals surface area contributed by atoms with Gasteiger partial charge in [0.05, 0.1) is 0 Å². The smallest absolute Gasteiger partial charge is 0.240 e. The molecule has 108 valence electrons. The number of carbonyl (C=O) groups is 1. The van der Waals surface area contributed by atoms with Crippen LogP contribution in [0.15, 0.2) is 24.3 Å². The molecule has 3 atom stereocenters. The maximum absolute atomic E-state index is 12.9. The van der Waals surface area contributed by atoms with Gasteiger partial charge < -0.3 is 10.2 Å². The van der Waals surface area contributed by atoms with Crippen molar-refractivity contribution in [3.63, 3.8) is 0 Å². The van der Waals surface area contributed by atoms with Gasteiger partial charge in [-0.3, -0.25) is 4.79 Å². The number of rotatable bonds is 1. The number of nitrogens with zero attached hydrogens (tertiary/aromatic N) is 1. The molecule has 1 N–H and O–H groups in total. The number of hydrogen-bond acceptors (Lipinski definition) is 3. The van der Waals surface area contributed by atoms with Gasteiger partial charge in [0.1, 0.15) is 5.25 Å². The normalized spacial score (nSPS) is 29.9. The van der Waals surface area contributed by atoms with Crippen molar-refractivity contribution in [2.45, 2.75) is 37.6 Å². The highest BCUT2D eigenvalue weighted by Crippen LogP contribution is 2.38. The summed E-state index contributed by atoms with van der Waals surface area (Å²) in [5.74, 6) is 1.34. The van der Waals surface area contributed by atoms with Crippen LogP contribution in [0.4, 0.5) is 0 Å². The van der Waals surface area contributed by atoms with E-state index in [4.69, 9.17) is 0 Å². The van der Waals surface area contributed by atoms with Gasteiger partial charge in [-0.15, -0.1) is 11.8 Å². The van der Waals surface area contributed by atoms with Crippen molar-refractivity contribution in [2.24, 2.45) is 0 Å². The summed E-state index contributed by atoms with van der Waals surface area (Å²) in [5, 5.41) is 3.43. The summed E-state index contributed by atoms with van der Waals surface area (Å²) in [4.78, 5) is 15.0. The molecule has 0 radical (unpaired) electrons. The van der Waals surface area contributed by atoms with E-state index in [1.165, 1.54) is 11.1 Å². The SMILES string of the molecule is CC1NCCN(C(=O)C2SCCc3ccccc32)C1C. The highest BCUT2D eigenvalue weighted by Gasteiger charge is 2.35. The Labute approximate surface area is 125 Å².